The number of benzene rings is 1. The van der Waals surface area contributed by atoms with Gasteiger partial charge < -0.3 is 19.2 Å². The van der Waals surface area contributed by atoms with Crippen molar-refractivity contribution in [3.05, 3.63) is 53.7 Å². The van der Waals surface area contributed by atoms with Crippen LogP contribution in [0.15, 0.2) is 46.2 Å². The molecule has 0 bridgehead atoms. The average Bonchev–Trinajstić information content (AvgIpc) is 3.14. The quantitative estimate of drug-likeness (QED) is 0.553. The van der Waals surface area contributed by atoms with E-state index in [9.17, 15) is 4.79 Å². The molecule has 8 nitrogen and oxygen atoms in total. The van der Waals surface area contributed by atoms with Crippen LogP contribution in [-0.2, 0) is 17.9 Å². The maximum absolute atomic E-state index is 12.7. The molecule has 1 aliphatic heterocycles. The van der Waals surface area contributed by atoms with E-state index < -0.39 is 0 Å². The number of nitrogens with one attached hydrogen (secondary N) is 1. The Bertz CT molecular complexity index is 1050. The predicted octanol–water partition coefficient (Wildman–Crippen LogP) is 3.32. The minimum Gasteiger partial charge on any atom is -0.467 e. The summed E-state index contributed by atoms with van der Waals surface area (Å²) in [6.07, 6.45) is 3.93. The molecule has 0 radical (unpaired) electrons. The lowest BCUT2D eigenvalue weighted by Gasteiger charge is -2.13. The Hall–Kier alpha value is -2.94. The number of ether oxygens (including phenoxy) is 2. The Labute approximate surface area is 178 Å². The van der Waals surface area contributed by atoms with Crippen molar-refractivity contribution in [2.45, 2.75) is 49.2 Å². The van der Waals surface area contributed by atoms with Crippen LogP contribution in [0.3, 0.4) is 0 Å². The molecule has 1 aliphatic carbocycles. The Morgan fingerprint density at radius 2 is 2.13 bits per heavy atom. The van der Waals surface area contributed by atoms with Gasteiger partial charge in [-0.2, -0.15) is 0 Å². The van der Waals surface area contributed by atoms with Crippen LogP contribution in [0.25, 0.3) is 0 Å². The topological polar surface area (TPSA) is 91.4 Å². The molecular weight excluding hydrogens is 404 g/mol. The molecule has 3 heterocycles. The first kappa shape index (κ1) is 19.0. The highest BCUT2D eigenvalue weighted by Gasteiger charge is 2.31. The monoisotopic (exact) mass is 426 g/mol. The van der Waals surface area contributed by atoms with E-state index >= 15 is 0 Å². The van der Waals surface area contributed by atoms with Crippen LogP contribution in [-0.4, -0.2) is 32.7 Å². The van der Waals surface area contributed by atoms with Crippen molar-refractivity contribution < 1.29 is 18.7 Å². The Balaban J connectivity index is 1.23. The molecule has 1 fully saturated rings. The zero-order valence-electron chi connectivity index (χ0n) is 16.5. The molecule has 2 aromatic heterocycles. The fraction of sp³-hybridized carbons (Fsp3) is 0.381. The zero-order chi connectivity index (χ0) is 20.5. The van der Waals surface area contributed by atoms with Gasteiger partial charge in [0.25, 0.3) is 0 Å². The molecule has 2 aliphatic rings. The van der Waals surface area contributed by atoms with E-state index in [1.165, 1.54) is 11.8 Å². The largest absolute Gasteiger partial charge is 0.467 e. The third-order valence-corrected chi connectivity index (χ3v) is 6.22. The zero-order valence-corrected chi connectivity index (χ0v) is 17.4. The highest BCUT2D eigenvalue weighted by Crippen LogP contribution is 2.40. The summed E-state index contributed by atoms with van der Waals surface area (Å²) in [7, 11) is 0. The molecule has 1 amide bonds. The van der Waals surface area contributed by atoms with Gasteiger partial charge in [0.15, 0.2) is 16.7 Å². The maximum atomic E-state index is 12.7. The second kappa shape index (κ2) is 8.06. The maximum Gasteiger partial charge on any atom is 0.233 e. The lowest BCUT2D eigenvalue weighted by Crippen LogP contribution is -2.30. The van der Waals surface area contributed by atoms with E-state index in [4.69, 9.17) is 13.9 Å². The highest BCUT2D eigenvalue weighted by atomic mass is 32.2. The van der Waals surface area contributed by atoms with Crippen molar-refractivity contribution in [2.24, 2.45) is 0 Å². The molecule has 1 N–H and O–H groups in total. The molecule has 0 unspecified atom stereocenters. The van der Waals surface area contributed by atoms with Crippen LogP contribution in [0.2, 0.25) is 0 Å². The minimum atomic E-state index is -0.314. The highest BCUT2D eigenvalue weighted by molar-refractivity contribution is 8.00. The summed E-state index contributed by atoms with van der Waals surface area (Å²) in [5.74, 6) is 3.66. The van der Waals surface area contributed by atoms with E-state index in [2.05, 4.69) is 20.1 Å². The summed E-state index contributed by atoms with van der Waals surface area (Å²) in [4.78, 5) is 12.7. The number of hydrogen-bond acceptors (Lipinski definition) is 7. The van der Waals surface area contributed by atoms with Gasteiger partial charge >= 0.3 is 0 Å². The summed E-state index contributed by atoms with van der Waals surface area (Å²) >= 11 is 1.41. The second-order valence-electron chi connectivity index (χ2n) is 7.45. The van der Waals surface area contributed by atoms with Crippen LogP contribution in [0.4, 0.5) is 0 Å². The third kappa shape index (κ3) is 4.02. The van der Waals surface area contributed by atoms with Crippen molar-refractivity contribution >= 4 is 17.7 Å². The second-order valence-corrected chi connectivity index (χ2v) is 8.75. The standard InChI is InChI=1S/C21H22N4O4S/c1-13(20(26)22-10-14-4-7-17-18(9-14)29-12-28-17)30-21-24-23-19(15-5-6-15)25(21)11-16-3-2-8-27-16/h2-4,7-9,13,15H,5-6,10-12H2,1H3,(H,22,26)/t13-/m1/s1. The normalized spacial score (nSPS) is 15.9. The molecule has 0 saturated heterocycles. The van der Waals surface area contributed by atoms with Crippen molar-refractivity contribution in [3.63, 3.8) is 0 Å². The number of fused-ring (bicyclic) bond motifs is 1. The molecule has 9 heteroatoms. The number of amides is 1. The van der Waals surface area contributed by atoms with Gasteiger partial charge in [0.2, 0.25) is 12.7 Å². The molecule has 1 aromatic carbocycles. The fourth-order valence-electron chi connectivity index (χ4n) is 3.33. The van der Waals surface area contributed by atoms with Crippen LogP contribution in [0.5, 0.6) is 11.5 Å². The molecule has 1 atom stereocenters. The first-order chi connectivity index (χ1) is 14.7. The first-order valence-corrected chi connectivity index (χ1v) is 10.8. The fourth-order valence-corrected chi connectivity index (χ4v) is 4.21. The van der Waals surface area contributed by atoms with Gasteiger partial charge in [0, 0.05) is 12.5 Å². The van der Waals surface area contributed by atoms with E-state index in [1.807, 2.05) is 37.3 Å². The molecule has 5 rings (SSSR count). The van der Waals surface area contributed by atoms with Crippen LogP contribution in [0, 0.1) is 0 Å². The van der Waals surface area contributed by atoms with Crippen LogP contribution < -0.4 is 14.8 Å². The average molecular weight is 426 g/mol. The predicted molar refractivity (Wildman–Crippen MR) is 110 cm³/mol. The molecule has 3 aromatic rings. The summed E-state index contributed by atoms with van der Waals surface area (Å²) < 4.78 is 18.3. The first-order valence-electron chi connectivity index (χ1n) is 9.96. The molecule has 156 valence electrons. The van der Waals surface area contributed by atoms with Gasteiger partial charge in [0.1, 0.15) is 11.6 Å². The number of hydrogen-bond donors (Lipinski definition) is 1. The van der Waals surface area contributed by atoms with E-state index in [0.29, 0.717) is 24.8 Å². The van der Waals surface area contributed by atoms with Crippen LogP contribution >= 0.6 is 11.8 Å². The summed E-state index contributed by atoms with van der Waals surface area (Å²) in [6, 6.07) is 9.48. The molecule has 1 saturated carbocycles. The van der Waals surface area contributed by atoms with Gasteiger partial charge in [0.05, 0.1) is 18.1 Å². The number of rotatable bonds is 8. The van der Waals surface area contributed by atoms with Crippen molar-refractivity contribution in [1.82, 2.24) is 20.1 Å². The van der Waals surface area contributed by atoms with Crippen LogP contribution in [0.1, 0.15) is 42.8 Å². The molecule has 30 heavy (non-hydrogen) atoms. The van der Waals surface area contributed by atoms with Gasteiger partial charge in [-0.3, -0.25) is 9.36 Å². The number of carbonyl (C=O) groups excluding carboxylic acids is 1. The third-order valence-electron chi connectivity index (χ3n) is 5.14. The van der Waals surface area contributed by atoms with Gasteiger partial charge in [-0.1, -0.05) is 17.8 Å². The van der Waals surface area contributed by atoms with Crippen molar-refractivity contribution in [2.75, 3.05) is 6.79 Å². The van der Waals surface area contributed by atoms with Gasteiger partial charge in [-0.15, -0.1) is 10.2 Å². The molecular formula is C21H22N4O4S. The van der Waals surface area contributed by atoms with Crippen molar-refractivity contribution in [3.8, 4) is 11.5 Å². The summed E-state index contributed by atoms with van der Waals surface area (Å²) in [5, 5.41) is 12.2. The SMILES string of the molecule is C[C@@H](Sc1nnc(C2CC2)n1Cc1ccco1)C(=O)NCc1ccc2c(c1)OCO2. The number of furan rings is 1. The van der Waals surface area contributed by atoms with Gasteiger partial charge in [-0.25, -0.2) is 0 Å². The van der Waals surface area contributed by atoms with E-state index in [0.717, 1.165) is 40.9 Å². The summed E-state index contributed by atoms with van der Waals surface area (Å²) in [6.45, 7) is 3.11. The van der Waals surface area contributed by atoms with Crippen molar-refractivity contribution in [1.29, 1.82) is 0 Å². The Morgan fingerprint density at radius 3 is 2.93 bits per heavy atom. The summed E-state index contributed by atoms with van der Waals surface area (Å²) in [5.41, 5.74) is 0.960. The number of thioether (sulfide) groups is 1. The number of carbonyl (C=O) groups is 1. The van der Waals surface area contributed by atoms with Gasteiger partial charge in [-0.05, 0) is 49.6 Å². The number of aromatic nitrogens is 3. The Morgan fingerprint density at radius 1 is 1.27 bits per heavy atom. The van der Waals surface area contributed by atoms with E-state index in [1.54, 1.807) is 6.26 Å². The lowest BCUT2D eigenvalue weighted by molar-refractivity contribution is -0.120. The number of nitrogens with zero attached hydrogens (tertiary/aromatic N) is 3. The molecule has 0 spiro atoms. The Kier molecular flexibility index (Phi) is 5.12. The lowest BCUT2D eigenvalue weighted by atomic mass is 10.2. The van der Waals surface area contributed by atoms with E-state index in [-0.39, 0.29) is 18.0 Å². The minimum absolute atomic E-state index is 0.0572. The smallest absolute Gasteiger partial charge is 0.233 e.